The first-order chi connectivity index (χ1) is 12.3. The number of nitrogens with two attached hydrogens (primary N) is 1. The normalized spacial score (nSPS) is 10.7. The monoisotopic (exact) mass is 386 g/mol. The molecule has 2 aromatic rings. The largest absolute Gasteiger partial charge is 0.366 e. The van der Waals surface area contributed by atoms with Gasteiger partial charge in [0.05, 0.1) is 16.9 Å². The van der Waals surface area contributed by atoms with Gasteiger partial charge >= 0.3 is 0 Å². The van der Waals surface area contributed by atoms with E-state index in [0.717, 1.165) is 5.39 Å². The lowest BCUT2D eigenvalue weighted by molar-refractivity contribution is 0.00290. The van der Waals surface area contributed by atoms with Gasteiger partial charge in [-0.2, -0.15) is 8.42 Å². The van der Waals surface area contributed by atoms with Crippen LogP contribution in [0.2, 0.25) is 0 Å². The van der Waals surface area contributed by atoms with Gasteiger partial charge in [0.25, 0.3) is 16.0 Å². The van der Waals surface area contributed by atoms with E-state index in [1.165, 1.54) is 11.5 Å². The number of rotatable bonds is 6. The fourth-order valence-electron chi connectivity index (χ4n) is 2.13. The average molecular weight is 386 g/mol. The van der Waals surface area contributed by atoms with Gasteiger partial charge in [-0.25, -0.2) is 5.48 Å². The molecule has 0 bridgehead atoms. The first kappa shape index (κ1) is 21.5. The number of carbonyl (C=O) groups is 2. The SMILES string of the molecule is CCCCS(=O)(=O)OF.NC(=O)c1ccc2ccccc2c1C(=O)NO. The van der Waals surface area contributed by atoms with E-state index in [9.17, 15) is 22.5 Å². The van der Waals surface area contributed by atoms with E-state index in [2.05, 4.69) is 4.39 Å². The number of hydroxylamine groups is 1. The van der Waals surface area contributed by atoms with Crippen molar-refractivity contribution in [1.29, 1.82) is 0 Å². The number of amides is 2. The summed E-state index contributed by atoms with van der Waals surface area (Å²) in [5.41, 5.74) is 6.88. The van der Waals surface area contributed by atoms with Gasteiger partial charge in [0, 0.05) is 0 Å². The van der Waals surface area contributed by atoms with Gasteiger partial charge < -0.3 is 5.73 Å². The second-order valence-corrected chi connectivity index (χ2v) is 6.84. The molecule has 0 aliphatic carbocycles. The highest BCUT2D eigenvalue weighted by atomic mass is 32.2. The van der Waals surface area contributed by atoms with E-state index < -0.39 is 21.9 Å². The van der Waals surface area contributed by atoms with Gasteiger partial charge in [-0.15, -0.1) is 0 Å². The van der Waals surface area contributed by atoms with E-state index in [-0.39, 0.29) is 16.9 Å². The van der Waals surface area contributed by atoms with Crippen LogP contribution in [0.5, 0.6) is 0 Å². The molecule has 0 radical (unpaired) electrons. The van der Waals surface area contributed by atoms with Crippen molar-refractivity contribution in [2.45, 2.75) is 19.8 Å². The minimum absolute atomic E-state index is 0.0789. The molecule has 142 valence electrons. The maximum atomic E-state index is 11.6. The summed E-state index contributed by atoms with van der Waals surface area (Å²) < 4.78 is 34.0. The molecule has 2 aromatic carbocycles. The minimum atomic E-state index is -3.85. The van der Waals surface area contributed by atoms with Gasteiger partial charge in [0.2, 0.25) is 5.91 Å². The summed E-state index contributed by atoms with van der Waals surface area (Å²) in [6, 6.07) is 10.2. The molecule has 2 rings (SSSR count). The number of hydrogen-bond acceptors (Lipinski definition) is 6. The highest BCUT2D eigenvalue weighted by Crippen LogP contribution is 2.22. The van der Waals surface area contributed by atoms with Gasteiger partial charge in [-0.05, 0) is 27.8 Å². The van der Waals surface area contributed by atoms with Crippen molar-refractivity contribution in [2.75, 3.05) is 5.75 Å². The Morgan fingerprint density at radius 3 is 2.42 bits per heavy atom. The zero-order valence-corrected chi connectivity index (χ0v) is 14.8. The highest BCUT2D eigenvalue weighted by molar-refractivity contribution is 7.86. The Morgan fingerprint density at radius 2 is 1.88 bits per heavy atom. The number of carbonyl (C=O) groups excluding carboxylic acids is 2. The third-order valence-corrected chi connectivity index (χ3v) is 4.35. The summed E-state index contributed by atoms with van der Waals surface area (Å²) in [4.78, 5) is 22.8. The van der Waals surface area contributed by atoms with Gasteiger partial charge in [0.15, 0.2) is 0 Å². The number of fused-ring (bicyclic) bond motifs is 1. The molecular formula is C16H19FN2O6S. The summed E-state index contributed by atoms with van der Waals surface area (Å²) in [5.74, 6) is -1.70. The summed E-state index contributed by atoms with van der Waals surface area (Å²) in [7, 11) is -3.85. The molecule has 4 N–H and O–H groups in total. The van der Waals surface area contributed by atoms with E-state index in [4.69, 9.17) is 10.9 Å². The molecular weight excluding hydrogens is 367 g/mol. The Bertz CT molecular complexity index is 885. The lowest BCUT2D eigenvalue weighted by Gasteiger charge is -2.08. The fourth-order valence-corrected chi connectivity index (χ4v) is 2.84. The van der Waals surface area contributed by atoms with Crippen LogP contribution in [0.15, 0.2) is 36.4 Å². The van der Waals surface area contributed by atoms with Crippen molar-refractivity contribution in [1.82, 2.24) is 5.48 Å². The van der Waals surface area contributed by atoms with Crippen LogP contribution >= 0.6 is 0 Å². The maximum Gasteiger partial charge on any atom is 0.297 e. The molecule has 26 heavy (non-hydrogen) atoms. The van der Waals surface area contributed by atoms with E-state index in [1.807, 2.05) is 13.0 Å². The summed E-state index contributed by atoms with van der Waals surface area (Å²) in [5, 5.41) is 10.1. The fraction of sp³-hybridized carbons (Fsp3) is 0.250. The van der Waals surface area contributed by atoms with Crippen molar-refractivity contribution in [3.63, 3.8) is 0 Å². The summed E-state index contributed by atoms with van der Waals surface area (Å²) in [6.45, 7) is 1.81. The van der Waals surface area contributed by atoms with E-state index >= 15 is 0 Å². The topological polar surface area (TPSA) is 136 Å². The highest BCUT2D eigenvalue weighted by Gasteiger charge is 2.17. The quantitative estimate of drug-likeness (QED) is 0.514. The maximum absolute atomic E-state index is 11.6. The standard InChI is InChI=1S/C12H10N2O3.C4H9FO3S/c13-11(15)9-6-5-7-3-1-2-4-8(7)10(9)12(16)14-17;1-2-3-4-9(6,7)8-5/h1-6,17H,(H2,13,15)(H,14,16);2-4H2,1H3. The molecule has 0 aliphatic heterocycles. The van der Waals surface area contributed by atoms with Crippen LogP contribution in [0.1, 0.15) is 40.5 Å². The summed E-state index contributed by atoms with van der Waals surface area (Å²) >= 11 is 0. The van der Waals surface area contributed by atoms with Gasteiger partial charge in [-0.3, -0.25) is 14.8 Å². The van der Waals surface area contributed by atoms with Crippen LogP contribution in [0.25, 0.3) is 10.8 Å². The smallest absolute Gasteiger partial charge is 0.297 e. The number of benzene rings is 2. The van der Waals surface area contributed by atoms with Crippen LogP contribution in [0, 0.1) is 0 Å². The Kier molecular flexibility index (Phi) is 8.10. The number of hydrogen-bond donors (Lipinski definition) is 3. The number of unbranched alkanes of at least 4 members (excludes halogenated alkanes) is 1. The zero-order valence-electron chi connectivity index (χ0n) is 13.9. The predicted molar refractivity (Wildman–Crippen MR) is 92.6 cm³/mol. The Labute approximate surface area is 149 Å². The molecule has 0 saturated heterocycles. The van der Waals surface area contributed by atoms with Crippen molar-refractivity contribution in [3.8, 4) is 0 Å². The second kappa shape index (κ2) is 9.80. The molecule has 0 fully saturated rings. The molecule has 0 atom stereocenters. The number of primary amides is 1. The molecule has 8 nitrogen and oxygen atoms in total. The molecule has 10 heteroatoms. The van der Waals surface area contributed by atoms with Crippen molar-refractivity contribution < 1.29 is 32.1 Å². The minimum Gasteiger partial charge on any atom is -0.366 e. The average Bonchev–Trinajstić information content (AvgIpc) is 2.65. The molecule has 0 aromatic heterocycles. The zero-order chi connectivity index (χ0) is 19.7. The lowest BCUT2D eigenvalue weighted by atomic mass is 9.98. The van der Waals surface area contributed by atoms with Crippen LogP contribution in [0.4, 0.5) is 4.53 Å². The van der Waals surface area contributed by atoms with Gasteiger partial charge in [-0.1, -0.05) is 48.1 Å². The second-order valence-electron chi connectivity index (χ2n) is 5.19. The van der Waals surface area contributed by atoms with Crippen LogP contribution < -0.4 is 11.2 Å². The Morgan fingerprint density at radius 1 is 1.23 bits per heavy atom. The van der Waals surface area contributed by atoms with Crippen LogP contribution in [-0.4, -0.2) is 31.2 Å². The molecule has 0 saturated carbocycles. The van der Waals surface area contributed by atoms with Crippen LogP contribution in [0.3, 0.4) is 0 Å². The predicted octanol–water partition coefficient (Wildman–Crippen LogP) is 2.08. The Balaban J connectivity index is 0.000000321. The third kappa shape index (κ3) is 5.76. The molecule has 0 unspecified atom stereocenters. The van der Waals surface area contributed by atoms with Gasteiger partial charge in [0.1, 0.15) is 0 Å². The number of halogens is 1. The molecule has 0 aliphatic rings. The summed E-state index contributed by atoms with van der Waals surface area (Å²) in [6.07, 6.45) is 1.15. The number of nitrogens with one attached hydrogen (secondary N) is 1. The first-order valence-corrected chi connectivity index (χ1v) is 9.14. The van der Waals surface area contributed by atoms with Crippen molar-refractivity contribution >= 4 is 32.7 Å². The molecule has 0 heterocycles. The van der Waals surface area contributed by atoms with E-state index in [1.54, 1.807) is 24.3 Å². The molecule has 2 amide bonds. The lowest BCUT2D eigenvalue weighted by Crippen LogP contribution is -2.24. The third-order valence-electron chi connectivity index (χ3n) is 3.37. The van der Waals surface area contributed by atoms with Crippen molar-refractivity contribution in [2.24, 2.45) is 5.73 Å². The Hall–Kier alpha value is -2.56. The first-order valence-electron chi connectivity index (χ1n) is 7.56. The molecule has 0 spiro atoms. The van der Waals surface area contributed by atoms with E-state index in [0.29, 0.717) is 18.2 Å². The van der Waals surface area contributed by atoms with Crippen LogP contribution in [-0.2, 0) is 14.5 Å². The van der Waals surface area contributed by atoms with Crippen molar-refractivity contribution in [3.05, 3.63) is 47.5 Å².